The Hall–Kier alpha value is -1.33. The topological polar surface area (TPSA) is 52.3 Å². The van der Waals surface area contributed by atoms with E-state index >= 15 is 0 Å². The number of rotatable bonds is 2. The average molecular weight is 279 g/mol. The molecule has 0 atom stereocenters. The molecule has 0 fully saturated rings. The zero-order valence-corrected chi connectivity index (χ0v) is 11.6. The molecule has 0 amide bonds. The van der Waals surface area contributed by atoms with Crippen molar-refractivity contribution < 1.29 is 9.53 Å². The lowest BCUT2D eigenvalue weighted by Gasteiger charge is -1.94. The van der Waals surface area contributed by atoms with Crippen LogP contribution >= 0.6 is 22.7 Å². The number of ether oxygens (including phenoxy) is 1. The van der Waals surface area contributed by atoms with E-state index in [0.29, 0.717) is 10.6 Å². The van der Waals surface area contributed by atoms with E-state index in [1.807, 2.05) is 17.4 Å². The predicted octanol–water partition coefficient (Wildman–Crippen LogP) is 3.33. The van der Waals surface area contributed by atoms with Gasteiger partial charge in [-0.3, -0.25) is 0 Å². The summed E-state index contributed by atoms with van der Waals surface area (Å²) < 4.78 is 4.72. The molecule has 0 unspecified atom stereocenters. The summed E-state index contributed by atoms with van der Waals surface area (Å²) in [6, 6.07) is 4.11. The molecule has 0 saturated carbocycles. The van der Waals surface area contributed by atoms with Crippen LogP contribution in [0, 0.1) is 0 Å². The Labute approximate surface area is 113 Å². The van der Waals surface area contributed by atoms with E-state index in [1.54, 1.807) is 0 Å². The Bertz CT molecular complexity index is 591. The van der Waals surface area contributed by atoms with Gasteiger partial charge in [0.05, 0.1) is 12.8 Å². The first-order valence-corrected chi connectivity index (χ1v) is 7.42. The van der Waals surface area contributed by atoms with E-state index in [2.05, 4.69) is 6.07 Å². The SMILES string of the molecule is COC(=O)c1sc(-c2cc3c(s2)CCC3)cc1N. The first-order valence-electron chi connectivity index (χ1n) is 5.78. The van der Waals surface area contributed by atoms with Gasteiger partial charge >= 0.3 is 5.97 Å². The van der Waals surface area contributed by atoms with Crippen LogP contribution in [0.4, 0.5) is 5.69 Å². The molecule has 1 aliphatic carbocycles. The van der Waals surface area contributed by atoms with Crippen LogP contribution < -0.4 is 5.73 Å². The Morgan fingerprint density at radius 3 is 2.78 bits per heavy atom. The molecule has 0 aromatic carbocycles. The van der Waals surface area contributed by atoms with E-state index in [4.69, 9.17) is 10.5 Å². The maximum absolute atomic E-state index is 11.5. The summed E-state index contributed by atoms with van der Waals surface area (Å²) in [5.74, 6) is -0.354. The number of carbonyl (C=O) groups is 1. The molecule has 3 nitrogen and oxygen atoms in total. The molecule has 18 heavy (non-hydrogen) atoms. The number of methoxy groups -OCH3 is 1. The average Bonchev–Trinajstić information content (AvgIpc) is 3.00. The first-order chi connectivity index (χ1) is 8.69. The number of aryl methyl sites for hydroxylation is 2. The van der Waals surface area contributed by atoms with Crippen LogP contribution in [0.3, 0.4) is 0 Å². The minimum absolute atomic E-state index is 0.354. The molecule has 2 N–H and O–H groups in total. The molecule has 3 rings (SSSR count). The van der Waals surface area contributed by atoms with Crippen LogP contribution in [0.25, 0.3) is 9.75 Å². The number of esters is 1. The van der Waals surface area contributed by atoms with Crippen molar-refractivity contribution in [1.29, 1.82) is 0 Å². The maximum Gasteiger partial charge on any atom is 0.350 e. The standard InChI is InChI=1S/C13H13NO2S2/c1-16-13(15)12-8(14)6-11(18-12)10-5-7-3-2-4-9(7)17-10/h5-6H,2-4,14H2,1H3. The molecule has 1 aliphatic rings. The van der Waals surface area contributed by atoms with Gasteiger partial charge < -0.3 is 10.5 Å². The summed E-state index contributed by atoms with van der Waals surface area (Å²) in [6.45, 7) is 0. The molecule has 5 heteroatoms. The fraction of sp³-hybridized carbons (Fsp3) is 0.308. The second kappa shape index (κ2) is 4.40. The molecule has 94 valence electrons. The van der Waals surface area contributed by atoms with Crippen molar-refractivity contribution in [2.24, 2.45) is 0 Å². The monoisotopic (exact) mass is 279 g/mol. The van der Waals surface area contributed by atoms with Crippen molar-refractivity contribution in [3.05, 3.63) is 27.5 Å². The Balaban J connectivity index is 1.99. The quantitative estimate of drug-likeness (QED) is 0.858. The van der Waals surface area contributed by atoms with E-state index < -0.39 is 0 Å². The Morgan fingerprint density at radius 1 is 1.28 bits per heavy atom. The Kier molecular flexibility index (Phi) is 2.87. The van der Waals surface area contributed by atoms with Gasteiger partial charge in [0.15, 0.2) is 0 Å². The molecule has 2 heterocycles. The first kappa shape index (κ1) is 11.7. The van der Waals surface area contributed by atoms with Crippen LogP contribution in [0.2, 0.25) is 0 Å². The third-order valence-corrected chi connectivity index (χ3v) is 5.68. The van der Waals surface area contributed by atoms with Crippen molar-refractivity contribution in [2.45, 2.75) is 19.3 Å². The lowest BCUT2D eigenvalue weighted by molar-refractivity contribution is 0.0607. The summed E-state index contributed by atoms with van der Waals surface area (Å²) >= 11 is 3.23. The van der Waals surface area contributed by atoms with E-state index in [0.717, 1.165) is 4.88 Å². The molecule has 0 aliphatic heterocycles. The third-order valence-electron chi connectivity index (χ3n) is 3.12. The predicted molar refractivity (Wildman–Crippen MR) is 75.4 cm³/mol. The zero-order chi connectivity index (χ0) is 12.7. The third kappa shape index (κ3) is 1.83. The van der Waals surface area contributed by atoms with Gasteiger partial charge in [-0.1, -0.05) is 0 Å². The van der Waals surface area contributed by atoms with Gasteiger partial charge in [-0.2, -0.15) is 0 Å². The van der Waals surface area contributed by atoms with Crippen LogP contribution in [0.5, 0.6) is 0 Å². The van der Waals surface area contributed by atoms with Crippen molar-refractivity contribution >= 4 is 34.3 Å². The van der Waals surface area contributed by atoms with Crippen LogP contribution in [0.1, 0.15) is 26.5 Å². The number of nitrogen functional groups attached to an aromatic ring is 1. The minimum atomic E-state index is -0.354. The second-order valence-corrected chi connectivity index (χ2v) is 6.49. The van der Waals surface area contributed by atoms with Crippen LogP contribution in [-0.2, 0) is 17.6 Å². The summed E-state index contributed by atoms with van der Waals surface area (Å²) in [5, 5.41) is 0. The van der Waals surface area contributed by atoms with Gasteiger partial charge in [0.2, 0.25) is 0 Å². The van der Waals surface area contributed by atoms with Crippen LogP contribution in [-0.4, -0.2) is 13.1 Å². The maximum atomic E-state index is 11.5. The lowest BCUT2D eigenvalue weighted by atomic mass is 10.2. The van der Waals surface area contributed by atoms with Crippen molar-refractivity contribution in [3.8, 4) is 9.75 Å². The molecule has 0 radical (unpaired) electrons. The number of hydrogen-bond acceptors (Lipinski definition) is 5. The van der Waals surface area contributed by atoms with Gasteiger partial charge in [-0.25, -0.2) is 4.79 Å². The Morgan fingerprint density at radius 2 is 2.06 bits per heavy atom. The fourth-order valence-electron chi connectivity index (χ4n) is 2.23. The normalized spacial score (nSPS) is 13.6. The molecule has 0 spiro atoms. The van der Waals surface area contributed by atoms with E-state index in [1.165, 1.54) is 53.0 Å². The fourth-order valence-corrected chi connectivity index (χ4v) is 4.55. The lowest BCUT2D eigenvalue weighted by Crippen LogP contribution is -2.00. The van der Waals surface area contributed by atoms with Gasteiger partial charge in [-0.15, -0.1) is 22.7 Å². The molecule has 2 aromatic heterocycles. The van der Waals surface area contributed by atoms with Crippen molar-refractivity contribution in [1.82, 2.24) is 0 Å². The van der Waals surface area contributed by atoms with Gasteiger partial charge in [0.1, 0.15) is 4.88 Å². The van der Waals surface area contributed by atoms with Crippen molar-refractivity contribution in [3.63, 3.8) is 0 Å². The second-order valence-electron chi connectivity index (χ2n) is 4.30. The van der Waals surface area contributed by atoms with Gasteiger partial charge in [0.25, 0.3) is 0 Å². The smallest absolute Gasteiger partial charge is 0.350 e. The van der Waals surface area contributed by atoms with Gasteiger partial charge in [0, 0.05) is 14.6 Å². The van der Waals surface area contributed by atoms with E-state index in [9.17, 15) is 4.79 Å². The molecular formula is C13H13NO2S2. The number of carbonyl (C=O) groups excluding carboxylic acids is 1. The number of anilines is 1. The largest absolute Gasteiger partial charge is 0.465 e. The molecular weight excluding hydrogens is 266 g/mol. The summed E-state index contributed by atoms with van der Waals surface area (Å²) in [5.41, 5.74) is 7.83. The highest BCUT2D eigenvalue weighted by Gasteiger charge is 2.19. The number of thiophene rings is 2. The van der Waals surface area contributed by atoms with Crippen molar-refractivity contribution in [2.75, 3.05) is 12.8 Å². The minimum Gasteiger partial charge on any atom is -0.465 e. The highest BCUT2D eigenvalue weighted by Crippen LogP contribution is 2.41. The number of nitrogens with two attached hydrogens (primary N) is 1. The molecule has 0 bridgehead atoms. The number of hydrogen-bond donors (Lipinski definition) is 1. The molecule has 2 aromatic rings. The van der Waals surface area contributed by atoms with Crippen LogP contribution in [0.15, 0.2) is 12.1 Å². The van der Waals surface area contributed by atoms with E-state index in [-0.39, 0.29) is 5.97 Å². The highest BCUT2D eigenvalue weighted by molar-refractivity contribution is 7.23. The summed E-state index contributed by atoms with van der Waals surface area (Å²) in [4.78, 5) is 15.8. The highest BCUT2D eigenvalue weighted by atomic mass is 32.1. The van der Waals surface area contributed by atoms with Gasteiger partial charge in [-0.05, 0) is 37.0 Å². The zero-order valence-electron chi connectivity index (χ0n) is 9.99. The number of fused-ring (bicyclic) bond motifs is 1. The summed E-state index contributed by atoms with van der Waals surface area (Å²) in [7, 11) is 1.38. The summed E-state index contributed by atoms with van der Waals surface area (Å²) in [6.07, 6.45) is 3.63. The molecule has 0 saturated heterocycles.